The third-order valence-electron chi connectivity index (χ3n) is 3.48. The van der Waals surface area contributed by atoms with E-state index in [4.69, 9.17) is 5.26 Å². The molecule has 0 aliphatic rings. The molecule has 9 heteroatoms. The SMILES string of the molecule is N#C/C(=C\C=C\c1ccccc1[N+](=O)[O-])C(=O)Nc1cccc(C(F)(F)F)c1. The zero-order chi connectivity index (χ0) is 20.7. The molecule has 0 radical (unpaired) electrons. The van der Waals surface area contributed by atoms with Crippen molar-refractivity contribution in [3.63, 3.8) is 0 Å². The number of allylic oxidation sites excluding steroid dienone is 2. The highest BCUT2D eigenvalue weighted by Crippen LogP contribution is 2.30. The van der Waals surface area contributed by atoms with Gasteiger partial charge in [0.25, 0.3) is 11.6 Å². The third kappa shape index (κ3) is 5.28. The number of para-hydroxylation sites is 1. The Balaban J connectivity index is 2.18. The van der Waals surface area contributed by atoms with E-state index in [1.54, 1.807) is 12.1 Å². The van der Waals surface area contributed by atoms with Gasteiger partial charge in [0.1, 0.15) is 11.6 Å². The van der Waals surface area contributed by atoms with Crippen molar-refractivity contribution in [2.75, 3.05) is 5.32 Å². The molecule has 0 spiro atoms. The van der Waals surface area contributed by atoms with E-state index in [9.17, 15) is 28.1 Å². The Morgan fingerprint density at radius 1 is 1.18 bits per heavy atom. The Hall–Kier alpha value is -3.93. The maximum Gasteiger partial charge on any atom is 0.416 e. The van der Waals surface area contributed by atoms with E-state index < -0.39 is 22.6 Å². The highest BCUT2D eigenvalue weighted by Gasteiger charge is 2.30. The monoisotopic (exact) mass is 387 g/mol. The van der Waals surface area contributed by atoms with Gasteiger partial charge in [0.2, 0.25) is 0 Å². The van der Waals surface area contributed by atoms with E-state index in [0.29, 0.717) is 0 Å². The quantitative estimate of drug-likeness (QED) is 0.264. The fourth-order valence-corrected chi connectivity index (χ4v) is 2.18. The van der Waals surface area contributed by atoms with Crippen LogP contribution in [-0.2, 0) is 11.0 Å². The minimum absolute atomic E-state index is 0.122. The summed E-state index contributed by atoms with van der Waals surface area (Å²) in [6.45, 7) is 0. The van der Waals surface area contributed by atoms with Crippen LogP contribution in [0, 0.1) is 21.4 Å². The summed E-state index contributed by atoms with van der Waals surface area (Å²) >= 11 is 0. The standard InChI is InChI=1S/C19H12F3N3O3/c20-19(21,22)15-8-4-9-16(11-15)24-18(26)14(12-23)7-3-6-13-5-1-2-10-17(13)25(27)28/h1-11H,(H,24,26)/b6-3+,14-7+. The van der Waals surface area contributed by atoms with Crippen LogP contribution in [0.15, 0.2) is 66.3 Å². The van der Waals surface area contributed by atoms with Crippen molar-refractivity contribution in [1.82, 2.24) is 0 Å². The Morgan fingerprint density at radius 2 is 1.89 bits per heavy atom. The first-order valence-electron chi connectivity index (χ1n) is 7.73. The lowest BCUT2D eigenvalue weighted by atomic mass is 10.1. The van der Waals surface area contributed by atoms with Gasteiger partial charge >= 0.3 is 6.18 Å². The number of nitriles is 1. The number of carbonyl (C=O) groups is 1. The molecule has 0 heterocycles. The summed E-state index contributed by atoms with van der Waals surface area (Å²) in [4.78, 5) is 22.5. The molecule has 2 aromatic carbocycles. The molecule has 0 bridgehead atoms. The number of carbonyl (C=O) groups excluding carboxylic acids is 1. The maximum absolute atomic E-state index is 12.7. The highest BCUT2D eigenvalue weighted by atomic mass is 19.4. The molecular formula is C19H12F3N3O3. The van der Waals surface area contributed by atoms with E-state index in [1.165, 1.54) is 36.4 Å². The average Bonchev–Trinajstić information content (AvgIpc) is 2.65. The van der Waals surface area contributed by atoms with Gasteiger partial charge in [-0.15, -0.1) is 0 Å². The Kier molecular flexibility index (Phi) is 6.29. The number of nitro groups is 1. The number of nitro benzene ring substituents is 1. The van der Waals surface area contributed by atoms with Gasteiger partial charge in [-0.1, -0.05) is 24.3 Å². The average molecular weight is 387 g/mol. The first kappa shape index (κ1) is 20.4. The van der Waals surface area contributed by atoms with Gasteiger partial charge in [0.05, 0.1) is 16.1 Å². The molecule has 6 nitrogen and oxygen atoms in total. The summed E-state index contributed by atoms with van der Waals surface area (Å²) in [7, 11) is 0. The van der Waals surface area contributed by atoms with E-state index >= 15 is 0 Å². The Morgan fingerprint density at radius 3 is 2.54 bits per heavy atom. The highest BCUT2D eigenvalue weighted by molar-refractivity contribution is 6.06. The van der Waals surface area contributed by atoms with Crippen LogP contribution < -0.4 is 5.32 Å². The molecule has 1 N–H and O–H groups in total. The molecular weight excluding hydrogens is 375 g/mol. The molecule has 0 saturated carbocycles. The molecule has 0 unspecified atom stereocenters. The fraction of sp³-hybridized carbons (Fsp3) is 0.0526. The van der Waals surface area contributed by atoms with Crippen molar-refractivity contribution in [1.29, 1.82) is 5.26 Å². The number of hydrogen-bond donors (Lipinski definition) is 1. The summed E-state index contributed by atoms with van der Waals surface area (Å²) in [5.41, 5.74) is -1.33. The van der Waals surface area contributed by atoms with Crippen LogP contribution in [-0.4, -0.2) is 10.8 Å². The minimum Gasteiger partial charge on any atom is -0.321 e. The van der Waals surface area contributed by atoms with E-state index in [-0.39, 0.29) is 22.5 Å². The van der Waals surface area contributed by atoms with Crippen molar-refractivity contribution in [2.45, 2.75) is 6.18 Å². The zero-order valence-electron chi connectivity index (χ0n) is 14.1. The smallest absolute Gasteiger partial charge is 0.321 e. The molecule has 0 aromatic heterocycles. The van der Waals surface area contributed by atoms with Gasteiger partial charge in [0, 0.05) is 11.8 Å². The number of nitrogens with zero attached hydrogens (tertiary/aromatic N) is 2. The molecule has 2 aromatic rings. The molecule has 0 aliphatic heterocycles. The van der Waals surface area contributed by atoms with Gasteiger partial charge < -0.3 is 5.32 Å². The van der Waals surface area contributed by atoms with Crippen LogP contribution >= 0.6 is 0 Å². The Bertz CT molecular complexity index is 1010. The van der Waals surface area contributed by atoms with Crippen LogP contribution in [0.3, 0.4) is 0 Å². The number of rotatable bonds is 5. The fourth-order valence-electron chi connectivity index (χ4n) is 2.18. The molecule has 0 fully saturated rings. The number of anilines is 1. The van der Waals surface area contributed by atoms with Crippen molar-refractivity contribution >= 4 is 23.4 Å². The van der Waals surface area contributed by atoms with Gasteiger partial charge in [0.15, 0.2) is 0 Å². The van der Waals surface area contributed by atoms with Crippen molar-refractivity contribution in [3.05, 3.63) is 87.5 Å². The van der Waals surface area contributed by atoms with Crippen LogP contribution in [0.4, 0.5) is 24.5 Å². The molecule has 0 atom stereocenters. The predicted octanol–water partition coefficient (Wildman–Crippen LogP) is 4.72. The number of amides is 1. The second-order valence-electron chi connectivity index (χ2n) is 5.40. The van der Waals surface area contributed by atoms with E-state index in [0.717, 1.165) is 24.3 Å². The number of benzene rings is 2. The lowest BCUT2D eigenvalue weighted by molar-refractivity contribution is -0.385. The minimum atomic E-state index is -4.57. The van der Waals surface area contributed by atoms with Crippen molar-refractivity contribution in [3.8, 4) is 6.07 Å². The number of nitrogens with one attached hydrogen (secondary N) is 1. The van der Waals surface area contributed by atoms with E-state index in [2.05, 4.69) is 5.32 Å². The molecule has 0 aliphatic carbocycles. The lowest BCUT2D eigenvalue weighted by Crippen LogP contribution is -2.14. The molecule has 2 rings (SSSR count). The van der Waals surface area contributed by atoms with Gasteiger partial charge in [-0.2, -0.15) is 18.4 Å². The first-order chi connectivity index (χ1) is 13.2. The Labute approximate surface area is 157 Å². The van der Waals surface area contributed by atoms with Crippen LogP contribution in [0.1, 0.15) is 11.1 Å². The van der Waals surface area contributed by atoms with Crippen molar-refractivity contribution in [2.24, 2.45) is 0 Å². The number of alkyl halides is 3. The number of hydrogen-bond acceptors (Lipinski definition) is 4. The molecule has 28 heavy (non-hydrogen) atoms. The predicted molar refractivity (Wildman–Crippen MR) is 95.9 cm³/mol. The van der Waals surface area contributed by atoms with Gasteiger partial charge in [-0.3, -0.25) is 14.9 Å². The number of halogens is 3. The summed E-state index contributed by atoms with van der Waals surface area (Å²) in [5.74, 6) is -0.908. The first-order valence-corrected chi connectivity index (χ1v) is 7.73. The molecule has 142 valence electrons. The second-order valence-corrected chi connectivity index (χ2v) is 5.40. The summed E-state index contributed by atoms with van der Waals surface area (Å²) in [6.07, 6.45) is -0.846. The second kappa shape index (κ2) is 8.64. The largest absolute Gasteiger partial charge is 0.416 e. The van der Waals surface area contributed by atoms with Crippen LogP contribution in [0.2, 0.25) is 0 Å². The van der Waals surface area contributed by atoms with Gasteiger partial charge in [-0.05, 0) is 36.4 Å². The topological polar surface area (TPSA) is 96.0 Å². The summed E-state index contributed by atoms with van der Waals surface area (Å²) in [5, 5.41) is 22.3. The summed E-state index contributed by atoms with van der Waals surface area (Å²) in [6, 6.07) is 11.5. The molecule has 1 amide bonds. The van der Waals surface area contributed by atoms with Crippen molar-refractivity contribution < 1.29 is 22.9 Å². The van der Waals surface area contributed by atoms with Gasteiger partial charge in [-0.25, -0.2) is 0 Å². The molecule has 0 saturated heterocycles. The zero-order valence-corrected chi connectivity index (χ0v) is 14.1. The lowest BCUT2D eigenvalue weighted by Gasteiger charge is -2.09. The maximum atomic E-state index is 12.7. The third-order valence-corrected chi connectivity index (χ3v) is 3.48. The summed E-state index contributed by atoms with van der Waals surface area (Å²) < 4.78 is 38.1. The normalized spacial score (nSPS) is 11.9. The van der Waals surface area contributed by atoms with Crippen LogP contribution in [0.5, 0.6) is 0 Å². The van der Waals surface area contributed by atoms with E-state index in [1.807, 2.05) is 0 Å². The van der Waals surface area contributed by atoms with Crippen LogP contribution in [0.25, 0.3) is 6.08 Å².